The minimum absolute atomic E-state index is 0.146. The molecule has 0 bridgehead atoms. The van der Waals surface area contributed by atoms with Crippen LogP contribution < -0.4 is 5.48 Å². The van der Waals surface area contributed by atoms with E-state index in [4.69, 9.17) is 16.4 Å². The van der Waals surface area contributed by atoms with E-state index in [-0.39, 0.29) is 9.90 Å². The van der Waals surface area contributed by atoms with Crippen molar-refractivity contribution in [3.8, 4) is 0 Å². The lowest BCUT2D eigenvalue weighted by Gasteiger charge is -2.06. The Balaban J connectivity index is 1.77. The summed E-state index contributed by atoms with van der Waals surface area (Å²) in [6, 6.07) is 10.9. The number of hydrogen-bond acceptors (Lipinski definition) is 4. The first-order valence-electron chi connectivity index (χ1n) is 6.61. The molecule has 122 valence electrons. The summed E-state index contributed by atoms with van der Waals surface area (Å²) in [6.45, 7) is 0. The van der Waals surface area contributed by atoms with Crippen LogP contribution in [0.1, 0.15) is 20.0 Å². The molecule has 1 amide bonds. The first-order valence-corrected chi connectivity index (χ1v) is 8.88. The molecule has 0 aliphatic heterocycles. The van der Waals surface area contributed by atoms with Gasteiger partial charge in [0.2, 0.25) is 0 Å². The van der Waals surface area contributed by atoms with E-state index >= 15 is 0 Å². The number of carbonyl (C=O) groups is 2. The fourth-order valence-electron chi connectivity index (χ4n) is 2.01. The van der Waals surface area contributed by atoms with Gasteiger partial charge in [0.1, 0.15) is 10.7 Å². The van der Waals surface area contributed by atoms with E-state index in [0.717, 1.165) is 11.3 Å². The van der Waals surface area contributed by atoms with Crippen LogP contribution in [0.4, 0.5) is 4.39 Å². The molecule has 0 aliphatic rings. The van der Waals surface area contributed by atoms with Crippen LogP contribution in [0.15, 0.2) is 42.5 Å². The summed E-state index contributed by atoms with van der Waals surface area (Å²) in [6.07, 6.45) is 0. The number of hydrogen-bond donors (Lipinski definition) is 1. The van der Waals surface area contributed by atoms with Crippen molar-refractivity contribution in [3.05, 3.63) is 67.3 Å². The van der Waals surface area contributed by atoms with E-state index in [1.807, 2.05) is 22.6 Å². The third kappa shape index (κ3) is 3.38. The van der Waals surface area contributed by atoms with Crippen molar-refractivity contribution in [2.75, 3.05) is 0 Å². The topological polar surface area (TPSA) is 55.4 Å². The molecule has 2 aromatic carbocycles. The summed E-state index contributed by atoms with van der Waals surface area (Å²) in [5.74, 6) is -1.77. The largest absolute Gasteiger partial charge is 0.364 e. The average molecular weight is 476 g/mol. The van der Waals surface area contributed by atoms with E-state index in [1.165, 1.54) is 18.2 Å². The van der Waals surface area contributed by atoms with E-state index in [1.54, 1.807) is 24.3 Å². The van der Waals surface area contributed by atoms with Gasteiger partial charge in [0.05, 0.1) is 10.6 Å². The van der Waals surface area contributed by atoms with Crippen molar-refractivity contribution >= 4 is 67.5 Å². The first kappa shape index (κ1) is 17.1. The fourth-order valence-corrected chi connectivity index (χ4v) is 4.04. The maximum Gasteiger partial charge on any atom is 0.364 e. The van der Waals surface area contributed by atoms with Crippen LogP contribution in [0.2, 0.25) is 5.02 Å². The number of benzene rings is 2. The summed E-state index contributed by atoms with van der Waals surface area (Å²) in [5, 5.41) is 0.759. The van der Waals surface area contributed by atoms with Gasteiger partial charge in [-0.05, 0) is 52.9 Å². The highest BCUT2D eigenvalue weighted by Crippen LogP contribution is 2.35. The molecule has 0 saturated heterocycles. The van der Waals surface area contributed by atoms with E-state index in [9.17, 15) is 14.0 Å². The lowest BCUT2D eigenvalue weighted by atomic mass is 10.2. The third-order valence-corrected chi connectivity index (χ3v) is 5.72. The number of nitrogens with one attached hydrogen (secondary N) is 1. The van der Waals surface area contributed by atoms with Crippen molar-refractivity contribution < 1.29 is 18.8 Å². The molecule has 0 aliphatic carbocycles. The fraction of sp³-hybridized carbons (Fsp3) is 0. The van der Waals surface area contributed by atoms with Crippen molar-refractivity contribution in [3.63, 3.8) is 0 Å². The molecule has 4 nitrogen and oxygen atoms in total. The Morgan fingerprint density at radius 3 is 2.71 bits per heavy atom. The Bertz CT molecular complexity index is 960. The molecule has 0 spiro atoms. The van der Waals surface area contributed by atoms with Crippen LogP contribution in [0.3, 0.4) is 0 Å². The smallest absolute Gasteiger partial charge is 0.335 e. The normalized spacial score (nSPS) is 10.6. The molecule has 1 heterocycles. The monoisotopic (exact) mass is 475 g/mol. The highest BCUT2D eigenvalue weighted by atomic mass is 127. The molecule has 8 heteroatoms. The van der Waals surface area contributed by atoms with Crippen LogP contribution in [0.5, 0.6) is 0 Å². The van der Waals surface area contributed by atoms with Crippen molar-refractivity contribution in [1.29, 1.82) is 0 Å². The lowest BCUT2D eigenvalue weighted by Crippen LogP contribution is -2.27. The number of hydroxylamine groups is 1. The van der Waals surface area contributed by atoms with Crippen LogP contribution in [-0.4, -0.2) is 11.9 Å². The van der Waals surface area contributed by atoms with Gasteiger partial charge in [-0.25, -0.2) is 9.18 Å². The second kappa shape index (κ2) is 7.04. The molecule has 3 rings (SSSR count). The quantitative estimate of drug-likeness (QED) is 0.428. The zero-order valence-corrected chi connectivity index (χ0v) is 15.5. The predicted molar refractivity (Wildman–Crippen MR) is 98.8 cm³/mol. The first-order chi connectivity index (χ1) is 11.5. The highest BCUT2D eigenvalue weighted by molar-refractivity contribution is 14.1. The summed E-state index contributed by atoms with van der Waals surface area (Å²) >= 11 is 9.16. The van der Waals surface area contributed by atoms with Crippen molar-refractivity contribution in [1.82, 2.24) is 5.48 Å². The van der Waals surface area contributed by atoms with Crippen LogP contribution in [0, 0.1) is 9.39 Å². The average Bonchev–Trinajstić information content (AvgIpc) is 2.89. The summed E-state index contributed by atoms with van der Waals surface area (Å²) in [7, 11) is 0. The summed E-state index contributed by atoms with van der Waals surface area (Å²) in [4.78, 5) is 29.1. The van der Waals surface area contributed by atoms with Gasteiger partial charge in [-0.15, -0.1) is 11.3 Å². The van der Waals surface area contributed by atoms with Crippen molar-refractivity contribution in [2.45, 2.75) is 0 Å². The number of fused-ring (bicyclic) bond motifs is 1. The lowest BCUT2D eigenvalue weighted by molar-refractivity contribution is 0.0231. The molecule has 24 heavy (non-hydrogen) atoms. The minimum Gasteiger partial charge on any atom is -0.335 e. The maximum absolute atomic E-state index is 13.3. The molecule has 0 fully saturated rings. The Kier molecular flexibility index (Phi) is 5.02. The Hall–Kier alpha value is -1.71. The molecule has 1 N–H and O–H groups in total. The molecule has 0 radical (unpaired) electrons. The Morgan fingerprint density at radius 2 is 1.96 bits per heavy atom. The molecule has 0 saturated carbocycles. The molecule has 1 aromatic heterocycles. The van der Waals surface area contributed by atoms with Gasteiger partial charge in [0, 0.05) is 13.7 Å². The standard InChI is InChI=1S/C16H8ClFINO3S/c17-13-10-6-5-8(18)7-12(10)24-14(13)15(21)20-23-16(22)9-3-1-2-4-11(9)19/h1-7H,(H,20,21). The minimum atomic E-state index is -0.684. The molecular weight excluding hydrogens is 468 g/mol. The molecule has 0 atom stereocenters. The molecular formula is C16H8ClFINO3S. The third-order valence-electron chi connectivity index (χ3n) is 3.13. The van der Waals surface area contributed by atoms with Gasteiger partial charge < -0.3 is 4.84 Å². The van der Waals surface area contributed by atoms with Crippen LogP contribution in [0.25, 0.3) is 10.1 Å². The van der Waals surface area contributed by atoms with Crippen LogP contribution >= 0.6 is 45.5 Å². The number of thiophene rings is 1. The van der Waals surface area contributed by atoms with Crippen LogP contribution in [-0.2, 0) is 4.84 Å². The maximum atomic E-state index is 13.3. The van der Waals surface area contributed by atoms with E-state index in [2.05, 4.69) is 5.48 Å². The molecule has 0 unspecified atom stereocenters. The van der Waals surface area contributed by atoms with E-state index < -0.39 is 17.7 Å². The number of halogens is 3. The van der Waals surface area contributed by atoms with Gasteiger partial charge in [0.25, 0.3) is 5.91 Å². The Morgan fingerprint density at radius 1 is 1.21 bits per heavy atom. The Labute approximate surface area is 158 Å². The van der Waals surface area contributed by atoms with Gasteiger partial charge in [0.15, 0.2) is 0 Å². The van der Waals surface area contributed by atoms with Gasteiger partial charge in [-0.3, -0.25) is 4.79 Å². The summed E-state index contributed by atoms with van der Waals surface area (Å²) in [5.41, 5.74) is 2.42. The zero-order chi connectivity index (χ0) is 17.3. The second-order valence-electron chi connectivity index (χ2n) is 4.69. The number of amides is 1. The van der Waals surface area contributed by atoms with E-state index in [0.29, 0.717) is 19.2 Å². The number of rotatable bonds is 2. The zero-order valence-electron chi connectivity index (χ0n) is 11.8. The van der Waals surface area contributed by atoms with Gasteiger partial charge >= 0.3 is 5.97 Å². The summed E-state index contributed by atoms with van der Waals surface area (Å²) < 4.78 is 14.5. The number of carbonyl (C=O) groups excluding carboxylic acids is 2. The second-order valence-corrected chi connectivity index (χ2v) is 7.28. The SMILES string of the molecule is O=C(ONC(=O)c1sc2cc(F)ccc2c1Cl)c1ccccc1I. The highest BCUT2D eigenvalue weighted by Gasteiger charge is 2.19. The predicted octanol–water partition coefficient (Wildman–Crippen LogP) is 4.80. The van der Waals surface area contributed by atoms with Gasteiger partial charge in [-0.1, -0.05) is 23.7 Å². The molecule has 3 aromatic rings. The van der Waals surface area contributed by atoms with Crippen molar-refractivity contribution in [2.24, 2.45) is 0 Å². The van der Waals surface area contributed by atoms with Gasteiger partial charge in [-0.2, -0.15) is 5.48 Å².